The maximum absolute atomic E-state index is 10.2. The highest BCUT2D eigenvalue weighted by Crippen LogP contribution is 2.38. The third kappa shape index (κ3) is 1.65. The fourth-order valence-corrected chi connectivity index (χ4v) is 2.90. The van der Waals surface area contributed by atoms with Crippen LogP contribution in [0.25, 0.3) is 11.3 Å². The zero-order chi connectivity index (χ0) is 12.7. The summed E-state index contributed by atoms with van der Waals surface area (Å²) >= 11 is 0. The van der Waals surface area contributed by atoms with E-state index in [2.05, 4.69) is 17.1 Å². The molecule has 0 spiro atoms. The van der Waals surface area contributed by atoms with E-state index < -0.39 is 0 Å². The molecule has 2 aromatic rings. The number of phenols is 1. The zero-order valence-electron chi connectivity index (χ0n) is 10.5. The van der Waals surface area contributed by atoms with Gasteiger partial charge in [-0.2, -0.15) is 5.10 Å². The highest BCUT2D eigenvalue weighted by Gasteiger charge is 2.19. The normalized spacial score (nSPS) is 14.5. The van der Waals surface area contributed by atoms with Crippen molar-refractivity contribution in [3.05, 3.63) is 28.8 Å². The number of rotatable bonds is 1. The van der Waals surface area contributed by atoms with Crippen molar-refractivity contribution in [2.75, 3.05) is 5.73 Å². The van der Waals surface area contributed by atoms with Gasteiger partial charge in [-0.15, -0.1) is 0 Å². The average molecular weight is 243 g/mol. The van der Waals surface area contributed by atoms with Crippen LogP contribution >= 0.6 is 0 Å². The number of nitrogen functional groups attached to an aromatic ring is 1. The lowest BCUT2D eigenvalue weighted by atomic mass is 9.85. The number of benzene rings is 1. The summed E-state index contributed by atoms with van der Waals surface area (Å²) in [6.45, 7) is 2.07. The molecule has 0 saturated heterocycles. The summed E-state index contributed by atoms with van der Waals surface area (Å²) in [5.74, 6) is 0.762. The number of aryl methyl sites for hydroxylation is 1. The molecule has 3 rings (SSSR count). The number of phenolic OH excluding ortho intramolecular Hbond substituents is 1. The van der Waals surface area contributed by atoms with Gasteiger partial charge in [0.25, 0.3) is 0 Å². The lowest BCUT2D eigenvalue weighted by molar-refractivity contribution is 0.474. The van der Waals surface area contributed by atoms with Crippen molar-refractivity contribution in [3.63, 3.8) is 0 Å². The van der Waals surface area contributed by atoms with Gasteiger partial charge in [-0.25, -0.2) is 0 Å². The van der Waals surface area contributed by atoms with Crippen LogP contribution in [0.4, 0.5) is 5.82 Å². The van der Waals surface area contributed by atoms with Crippen molar-refractivity contribution in [1.82, 2.24) is 10.2 Å². The number of fused-ring (bicyclic) bond motifs is 1. The number of hydrogen-bond donors (Lipinski definition) is 3. The minimum absolute atomic E-state index is 0.316. The summed E-state index contributed by atoms with van der Waals surface area (Å²) in [5.41, 5.74) is 11.1. The maximum atomic E-state index is 10.2. The number of aromatic hydroxyl groups is 1. The zero-order valence-corrected chi connectivity index (χ0v) is 10.5. The minimum atomic E-state index is 0.316. The van der Waals surface area contributed by atoms with Gasteiger partial charge in [0.05, 0.1) is 5.69 Å². The number of aromatic amines is 1. The van der Waals surface area contributed by atoms with Crippen molar-refractivity contribution in [3.8, 4) is 17.0 Å². The van der Waals surface area contributed by atoms with Crippen LogP contribution in [0.1, 0.15) is 29.5 Å². The first-order valence-electron chi connectivity index (χ1n) is 6.32. The Balaban J connectivity index is 2.20. The first-order chi connectivity index (χ1) is 8.66. The highest BCUT2D eigenvalue weighted by atomic mass is 16.3. The summed E-state index contributed by atoms with van der Waals surface area (Å²) in [5, 5.41) is 17.0. The molecule has 0 saturated carbocycles. The van der Waals surface area contributed by atoms with Gasteiger partial charge < -0.3 is 10.8 Å². The van der Waals surface area contributed by atoms with E-state index in [4.69, 9.17) is 5.73 Å². The molecule has 1 aromatic heterocycles. The van der Waals surface area contributed by atoms with E-state index in [1.807, 2.05) is 6.07 Å². The van der Waals surface area contributed by atoms with Gasteiger partial charge in [-0.05, 0) is 55.4 Å². The van der Waals surface area contributed by atoms with Gasteiger partial charge in [-0.3, -0.25) is 5.10 Å². The second-order valence-corrected chi connectivity index (χ2v) is 4.95. The Bertz CT molecular complexity index is 601. The van der Waals surface area contributed by atoms with Crippen molar-refractivity contribution in [1.29, 1.82) is 0 Å². The molecule has 18 heavy (non-hydrogen) atoms. The standard InChI is InChI=1S/C14H17N3O/c1-8-10-5-3-2-4-9(10)6-12(18)14(8)11-7-13(15)17-16-11/h6-7,18H,2-5H2,1H3,(H3,15,16,17). The summed E-state index contributed by atoms with van der Waals surface area (Å²) in [7, 11) is 0. The van der Waals surface area contributed by atoms with Crippen LogP contribution in [0.15, 0.2) is 12.1 Å². The van der Waals surface area contributed by atoms with E-state index >= 15 is 0 Å². The topological polar surface area (TPSA) is 74.9 Å². The number of hydrogen-bond acceptors (Lipinski definition) is 3. The third-order valence-corrected chi connectivity index (χ3v) is 3.77. The predicted octanol–water partition coefficient (Wildman–Crippen LogP) is 2.55. The lowest BCUT2D eigenvalue weighted by Crippen LogP contribution is -2.06. The van der Waals surface area contributed by atoms with Crippen LogP contribution in [0.3, 0.4) is 0 Å². The molecule has 0 atom stereocenters. The molecule has 0 aliphatic heterocycles. The molecule has 0 amide bonds. The molecule has 94 valence electrons. The average Bonchev–Trinajstić information content (AvgIpc) is 2.76. The number of nitrogens with zero attached hydrogens (tertiary/aromatic N) is 1. The number of H-pyrrole nitrogens is 1. The van der Waals surface area contributed by atoms with Crippen LogP contribution in [0.5, 0.6) is 5.75 Å². The van der Waals surface area contributed by atoms with Crippen molar-refractivity contribution < 1.29 is 5.11 Å². The summed E-state index contributed by atoms with van der Waals surface area (Å²) < 4.78 is 0. The van der Waals surface area contributed by atoms with Crippen molar-refractivity contribution in [2.45, 2.75) is 32.6 Å². The molecule has 1 aliphatic carbocycles. The number of anilines is 1. The van der Waals surface area contributed by atoms with Gasteiger partial charge in [0.2, 0.25) is 0 Å². The molecule has 4 nitrogen and oxygen atoms in total. The SMILES string of the molecule is Cc1c2c(cc(O)c1-c1cc(N)n[nH]1)CCCC2. The fourth-order valence-electron chi connectivity index (χ4n) is 2.90. The molecular weight excluding hydrogens is 226 g/mol. The van der Waals surface area contributed by atoms with Crippen LogP contribution in [-0.4, -0.2) is 15.3 Å². The Labute approximate surface area is 106 Å². The van der Waals surface area contributed by atoms with E-state index in [1.54, 1.807) is 6.07 Å². The number of nitrogens with one attached hydrogen (secondary N) is 1. The second kappa shape index (κ2) is 4.05. The van der Waals surface area contributed by atoms with Crippen LogP contribution < -0.4 is 5.73 Å². The van der Waals surface area contributed by atoms with Crippen LogP contribution in [0, 0.1) is 6.92 Å². The van der Waals surface area contributed by atoms with Gasteiger partial charge >= 0.3 is 0 Å². The summed E-state index contributed by atoms with van der Waals surface area (Å²) in [6, 6.07) is 3.66. The molecule has 4 N–H and O–H groups in total. The van der Waals surface area contributed by atoms with Crippen LogP contribution in [-0.2, 0) is 12.8 Å². The molecular formula is C14H17N3O. The smallest absolute Gasteiger partial charge is 0.145 e. The summed E-state index contributed by atoms with van der Waals surface area (Å²) in [6.07, 6.45) is 4.60. The molecule has 0 bridgehead atoms. The molecule has 0 unspecified atom stereocenters. The van der Waals surface area contributed by atoms with Gasteiger partial charge in [0, 0.05) is 11.6 Å². The highest BCUT2D eigenvalue weighted by molar-refractivity contribution is 5.74. The Morgan fingerprint density at radius 1 is 1.28 bits per heavy atom. The number of aromatic nitrogens is 2. The first-order valence-corrected chi connectivity index (χ1v) is 6.32. The van der Waals surface area contributed by atoms with E-state index in [0.29, 0.717) is 11.6 Å². The second-order valence-electron chi connectivity index (χ2n) is 4.95. The monoisotopic (exact) mass is 243 g/mol. The molecule has 0 fully saturated rings. The van der Waals surface area contributed by atoms with E-state index in [-0.39, 0.29) is 0 Å². The Morgan fingerprint density at radius 2 is 2.06 bits per heavy atom. The molecule has 0 radical (unpaired) electrons. The molecule has 1 heterocycles. The quantitative estimate of drug-likeness (QED) is 0.720. The third-order valence-electron chi connectivity index (χ3n) is 3.77. The van der Waals surface area contributed by atoms with Crippen molar-refractivity contribution in [2.24, 2.45) is 0 Å². The van der Waals surface area contributed by atoms with E-state index in [0.717, 1.165) is 29.7 Å². The van der Waals surface area contributed by atoms with Crippen LogP contribution in [0.2, 0.25) is 0 Å². The Hall–Kier alpha value is -1.97. The van der Waals surface area contributed by atoms with E-state index in [1.165, 1.54) is 24.0 Å². The molecule has 1 aromatic carbocycles. The van der Waals surface area contributed by atoms with Gasteiger partial charge in [0.15, 0.2) is 0 Å². The molecule has 4 heteroatoms. The predicted molar refractivity (Wildman–Crippen MR) is 71.5 cm³/mol. The molecule has 1 aliphatic rings. The largest absolute Gasteiger partial charge is 0.507 e. The Morgan fingerprint density at radius 3 is 2.78 bits per heavy atom. The minimum Gasteiger partial charge on any atom is -0.507 e. The van der Waals surface area contributed by atoms with E-state index in [9.17, 15) is 5.11 Å². The van der Waals surface area contributed by atoms with Crippen molar-refractivity contribution >= 4 is 5.82 Å². The fraction of sp³-hybridized carbons (Fsp3) is 0.357. The maximum Gasteiger partial charge on any atom is 0.145 e. The van der Waals surface area contributed by atoms with Gasteiger partial charge in [0.1, 0.15) is 11.6 Å². The summed E-state index contributed by atoms with van der Waals surface area (Å²) in [4.78, 5) is 0. The lowest BCUT2D eigenvalue weighted by Gasteiger charge is -2.21. The van der Waals surface area contributed by atoms with Gasteiger partial charge in [-0.1, -0.05) is 0 Å². The Kier molecular flexibility index (Phi) is 2.51. The number of nitrogens with two attached hydrogens (primary N) is 1. The first kappa shape index (κ1) is 11.1.